The fourth-order valence-electron chi connectivity index (χ4n) is 2.03. The highest BCUT2D eigenvalue weighted by Crippen LogP contribution is 2.22. The van der Waals surface area contributed by atoms with E-state index in [1.54, 1.807) is 12.1 Å². The molecule has 19 heavy (non-hydrogen) atoms. The molecule has 1 saturated carbocycles. The molecule has 1 aliphatic rings. The average Bonchev–Trinajstić information content (AvgIpc) is 3.19. The van der Waals surface area contributed by atoms with Crippen molar-refractivity contribution in [2.45, 2.75) is 49.6 Å². The normalized spacial score (nSPS) is 17.4. The van der Waals surface area contributed by atoms with Gasteiger partial charge in [0.15, 0.2) is 0 Å². The van der Waals surface area contributed by atoms with Gasteiger partial charge in [0, 0.05) is 12.1 Å². The van der Waals surface area contributed by atoms with Crippen molar-refractivity contribution >= 4 is 10.0 Å². The Labute approximate surface area is 115 Å². The molecule has 1 aromatic carbocycles. The third kappa shape index (κ3) is 4.03. The first-order valence-electron chi connectivity index (χ1n) is 6.83. The molecule has 0 radical (unpaired) electrons. The number of sulfonamides is 1. The van der Waals surface area contributed by atoms with Gasteiger partial charge in [-0.25, -0.2) is 13.1 Å². The number of nitrogens with one attached hydrogen (secondary N) is 2. The zero-order valence-electron chi connectivity index (χ0n) is 11.5. The number of hydrogen-bond acceptors (Lipinski definition) is 3. The van der Waals surface area contributed by atoms with E-state index in [2.05, 4.69) is 17.0 Å². The number of benzene rings is 1. The second-order valence-corrected chi connectivity index (χ2v) is 6.85. The monoisotopic (exact) mass is 282 g/mol. The van der Waals surface area contributed by atoms with Crippen LogP contribution in [0.5, 0.6) is 0 Å². The number of rotatable bonds is 7. The molecule has 4 nitrogen and oxygen atoms in total. The Morgan fingerprint density at radius 1 is 1.26 bits per heavy atom. The fourth-order valence-corrected chi connectivity index (χ4v) is 3.33. The standard InChI is InChI=1S/C14H22N2O2S/c1-3-12(15-2)10-11-4-8-14(9-5-11)19(17,18)16-13-6-7-13/h4-5,8-9,12-13,15-16H,3,6-7,10H2,1-2H3. The molecule has 1 aliphatic carbocycles. The van der Waals surface area contributed by atoms with Crippen molar-refractivity contribution in [1.82, 2.24) is 10.0 Å². The first-order valence-corrected chi connectivity index (χ1v) is 8.32. The van der Waals surface area contributed by atoms with Crippen molar-refractivity contribution in [2.75, 3.05) is 7.05 Å². The van der Waals surface area contributed by atoms with E-state index in [0.29, 0.717) is 10.9 Å². The predicted octanol–water partition coefficient (Wildman–Crippen LogP) is 1.67. The summed E-state index contributed by atoms with van der Waals surface area (Å²) < 4.78 is 26.7. The maximum absolute atomic E-state index is 12.0. The van der Waals surface area contributed by atoms with E-state index >= 15 is 0 Å². The topological polar surface area (TPSA) is 58.2 Å². The van der Waals surface area contributed by atoms with Gasteiger partial charge in [0.1, 0.15) is 0 Å². The van der Waals surface area contributed by atoms with Crippen molar-refractivity contribution in [1.29, 1.82) is 0 Å². The lowest BCUT2D eigenvalue weighted by Crippen LogP contribution is -2.27. The molecule has 5 heteroatoms. The van der Waals surface area contributed by atoms with Gasteiger partial charge >= 0.3 is 0 Å². The number of hydrogen-bond donors (Lipinski definition) is 2. The zero-order chi connectivity index (χ0) is 13.9. The van der Waals surface area contributed by atoms with E-state index in [9.17, 15) is 8.42 Å². The van der Waals surface area contributed by atoms with Gasteiger partial charge in [-0.1, -0.05) is 19.1 Å². The van der Waals surface area contributed by atoms with Crippen molar-refractivity contribution in [3.05, 3.63) is 29.8 Å². The Kier molecular flexibility index (Phi) is 4.60. The minimum absolute atomic E-state index is 0.151. The van der Waals surface area contributed by atoms with Crippen LogP contribution in [0.2, 0.25) is 0 Å². The molecular formula is C14H22N2O2S. The average molecular weight is 282 g/mol. The Hall–Kier alpha value is -0.910. The van der Waals surface area contributed by atoms with Crippen LogP contribution in [0.25, 0.3) is 0 Å². The molecule has 0 aliphatic heterocycles. The predicted molar refractivity (Wildman–Crippen MR) is 76.6 cm³/mol. The summed E-state index contributed by atoms with van der Waals surface area (Å²) in [5.41, 5.74) is 1.16. The molecule has 0 bridgehead atoms. The molecule has 0 aromatic heterocycles. The summed E-state index contributed by atoms with van der Waals surface area (Å²) in [5, 5.41) is 3.25. The second-order valence-electron chi connectivity index (χ2n) is 5.14. The fraction of sp³-hybridized carbons (Fsp3) is 0.571. The summed E-state index contributed by atoms with van der Waals surface area (Å²) in [7, 11) is -1.37. The van der Waals surface area contributed by atoms with Gasteiger partial charge in [0.05, 0.1) is 4.90 Å². The van der Waals surface area contributed by atoms with Gasteiger partial charge in [0.2, 0.25) is 10.0 Å². The third-order valence-corrected chi connectivity index (χ3v) is 5.05. The second kappa shape index (κ2) is 6.03. The maximum atomic E-state index is 12.0. The van der Waals surface area contributed by atoms with Gasteiger partial charge in [-0.3, -0.25) is 0 Å². The van der Waals surface area contributed by atoms with Crippen LogP contribution in [-0.4, -0.2) is 27.5 Å². The van der Waals surface area contributed by atoms with Crippen molar-refractivity contribution < 1.29 is 8.42 Å². The van der Waals surface area contributed by atoms with Gasteiger partial charge in [0.25, 0.3) is 0 Å². The van der Waals surface area contributed by atoms with Gasteiger partial charge < -0.3 is 5.32 Å². The Morgan fingerprint density at radius 3 is 2.37 bits per heavy atom. The summed E-state index contributed by atoms with van der Waals surface area (Å²) in [4.78, 5) is 0.362. The van der Waals surface area contributed by atoms with E-state index in [1.165, 1.54) is 0 Å². The lowest BCUT2D eigenvalue weighted by molar-refractivity contribution is 0.543. The van der Waals surface area contributed by atoms with Gasteiger partial charge in [-0.2, -0.15) is 0 Å². The Morgan fingerprint density at radius 2 is 1.89 bits per heavy atom. The molecule has 0 heterocycles. The highest BCUT2D eigenvalue weighted by molar-refractivity contribution is 7.89. The van der Waals surface area contributed by atoms with Crippen LogP contribution in [0.15, 0.2) is 29.2 Å². The van der Waals surface area contributed by atoms with Gasteiger partial charge in [-0.15, -0.1) is 0 Å². The smallest absolute Gasteiger partial charge is 0.240 e. The van der Waals surface area contributed by atoms with E-state index in [1.807, 2.05) is 19.2 Å². The van der Waals surface area contributed by atoms with Crippen molar-refractivity contribution in [3.63, 3.8) is 0 Å². The van der Waals surface area contributed by atoms with Crippen LogP contribution < -0.4 is 10.0 Å². The van der Waals surface area contributed by atoms with Crippen LogP contribution in [0.4, 0.5) is 0 Å². The molecule has 1 aromatic rings. The van der Waals surface area contributed by atoms with Crippen LogP contribution >= 0.6 is 0 Å². The van der Waals surface area contributed by atoms with Crippen molar-refractivity contribution in [2.24, 2.45) is 0 Å². The molecular weight excluding hydrogens is 260 g/mol. The Bertz CT molecular complexity index is 503. The van der Waals surface area contributed by atoms with E-state index < -0.39 is 10.0 Å². The molecule has 1 fully saturated rings. The van der Waals surface area contributed by atoms with Crippen molar-refractivity contribution in [3.8, 4) is 0 Å². The molecule has 106 valence electrons. The SMILES string of the molecule is CCC(Cc1ccc(S(=O)(=O)NC2CC2)cc1)NC. The molecule has 0 saturated heterocycles. The molecule has 1 atom stereocenters. The molecule has 1 unspecified atom stereocenters. The summed E-state index contributed by atoms with van der Waals surface area (Å²) in [6.45, 7) is 2.14. The molecule has 0 spiro atoms. The first kappa shape index (κ1) is 14.5. The number of likely N-dealkylation sites (N-methyl/N-ethyl adjacent to an activating group) is 1. The van der Waals surface area contributed by atoms with Crippen LogP contribution in [-0.2, 0) is 16.4 Å². The molecule has 2 N–H and O–H groups in total. The minimum Gasteiger partial charge on any atom is -0.317 e. The zero-order valence-corrected chi connectivity index (χ0v) is 12.3. The molecule has 2 rings (SSSR count). The Balaban J connectivity index is 2.05. The van der Waals surface area contributed by atoms with E-state index in [-0.39, 0.29) is 6.04 Å². The minimum atomic E-state index is -3.32. The quantitative estimate of drug-likeness (QED) is 0.800. The highest BCUT2D eigenvalue weighted by atomic mass is 32.2. The first-order chi connectivity index (χ1) is 9.05. The summed E-state index contributed by atoms with van der Waals surface area (Å²) in [6, 6.07) is 7.79. The summed E-state index contributed by atoms with van der Waals surface area (Å²) >= 11 is 0. The lowest BCUT2D eigenvalue weighted by atomic mass is 10.0. The molecule has 0 amide bonds. The van der Waals surface area contributed by atoms with E-state index in [0.717, 1.165) is 31.2 Å². The van der Waals surface area contributed by atoms with Gasteiger partial charge in [-0.05, 0) is 50.4 Å². The maximum Gasteiger partial charge on any atom is 0.240 e. The summed E-state index contributed by atoms with van der Waals surface area (Å²) in [5.74, 6) is 0. The van der Waals surface area contributed by atoms with Crippen LogP contribution in [0.3, 0.4) is 0 Å². The van der Waals surface area contributed by atoms with Crippen LogP contribution in [0, 0.1) is 0 Å². The highest BCUT2D eigenvalue weighted by Gasteiger charge is 2.27. The van der Waals surface area contributed by atoms with E-state index in [4.69, 9.17) is 0 Å². The largest absolute Gasteiger partial charge is 0.317 e. The summed E-state index contributed by atoms with van der Waals surface area (Å²) in [6.07, 6.45) is 3.89. The van der Waals surface area contributed by atoms with Crippen LogP contribution in [0.1, 0.15) is 31.7 Å². The lowest BCUT2D eigenvalue weighted by Gasteiger charge is -2.14. The third-order valence-electron chi connectivity index (χ3n) is 3.52.